The SMILES string of the molecule is CC1(c2ccccc2)C2=C(COC/C2=C\c2ccccc2)c2ccccc21. The summed E-state index contributed by atoms with van der Waals surface area (Å²) in [5.41, 5.74) is 9.15. The van der Waals surface area contributed by atoms with Gasteiger partial charge in [-0.1, -0.05) is 84.9 Å². The molecule has 0 bridgehead atoms. The Balaban J connectivity index is 1.77. The van der Waals surface area contributed by atoms with E-state index in [1.165, 1.54) is 39.0 Å². The summed E-state index contributed by atoms with van der Waals surface area (Å²) in [4.78, 5) is 0. The molecule has 0 amide bonds. The zero-order chi connectivity index (χ0) is 18.3. The Morgan fingerprint density at radius 1 is 0.778 bits per heavy atom. The van der Waals surface area contributed by atoms with E-state index in [1.54, 1.807) is 0 Å². The van der Waals surface area contributed by atoms with Gasteiger partial charge in [0.2, 0.25) is 0 Å². The lowest BCUT2D eigenvalue weighted by molar-refractivity contribution is 0.186. The summed E-state index contributed by atoms with van der Waals surface area (Å²) in [5.74, 6) is 0. The van der Waals surface area contributed by atoms with E-state index >= 15 is 0 Å². The quantitative estimate of drug-likeness (QED) is 0.561. The van der Waals surface area contributed by atoms with Crippen molar-refractivity contribution in [3.63, 3.8) is 0 Å². The van der Waals surface area contributed by atoms with Gasteiger partial charge in [-0.05, 0) is 52.0 Å². The predicted molar refractivity (Wildman–Crippen MR) is 111 cm³/mol. The summed E-state index contributed by atoms with van der Waals surface area (Å²) < 4.78 is 6.03. The molecule has 1 aliphatic heterocycles. The van der Waals surface area contributed by atoms with Gasteiger partial charge in [-0.2, -0.15) is 0 Å². The van der Waals surface area contributed by atoms with Gasteiger partial charge < -0.3 is 4.74 Å². The summed E-state index contributed by atoms with van der Waals surface area (Å²) in [7, 11) is 0. The van der Waals surface area contributed by atoms with Crippen molar-refractivity contribution in [1.82, 2.24) is 0 Å². The molecule has 1 aliphatic carbocycles. The molecule has 0 radical (unpaired) electrons. The van der Waals surface area contributed by atoms with Crippen LogP contribution in [-0.2, 0) is 10.2 Å². The van der Waals surface area contributed by atoms with Crippen LogP contribution in [0.25, 0.3) is 11.6 Å². The molecule has 3 aromatic carbocycles. The first-order chi connectivity index (χ1) is 13.3. The topological polar surface area (TPSA) is 9.23 Å². The number of rotatable bonds is 2. The first-order valence-corrected chi connectivity index (χ1v) is 9.51. The zero-order valence-electron chi connectivity index (χ0n) is 15.5. The van der Waals surface area contributed by atoms with Gasteiger partial charge in [0.1, 0.15) is 0 Å². The third kappa shape index (κ3) is 2.50. The first kappa shape index (κ1) is 16.3. The fraction of sp³-hybridized carbons (Fsp3) is 0.154. The van der Waals surface area contributed by atoms with Crippen molar-refractivity contribution in [2.24, 2.45) is 0 Å². The van der Waals surface area contributed by atoms with Gasteiger partial charge in [0.15, 0.2) is 0 Å². The first-order valence-electron chi connectivity index (χ1n) is 9.51. The van der Waals surface area contributed by atoms with Crippen molar-refractivity contribution in [3.8, 4) is 0 Å². The smallest absolute Gasteiger partial charge is 0.0730 e. The van der Waals surface area contributed by atoms with Crippen LogP contribution in [0.5, 0.6) is 0 Å². The second-order valence-corrected chi connectivity index (χ2v) is 7.46. The molecule has 132 valence electrons. The molecule has 0 saturated carbocycles. The molecule has 1 heteroatoms. The highest BCUT2D eigenvalue weighted by molar-refractivity contribution is 5.89. The van der Waals surface area contributed by atoms with E-state index in [0.29, 0.717) is 13.2 Å². The molecule has 0 N–H and O–H groups in total. The number of fused-ring (bicyclic) bond motifs is 2. The van der Waals surface area contributed by atoms with Crippen LogP contribution >= 0.6 is 0 Å². The molecular weight excluding hydrogens is 328 g/mol. The highest BCUT2D eigenvalue weighted by Gasteiger charge is 2.45. The Morgan fingerprint density at radius 2 is 1.44 bits per heavy atom. The monoisotopic (exact) mass is 350 g/mol. The maximum Gasteiger partial charge on any atom is 0.0730 e. The summed E-state index contributed by atoms with van der Waals surface area (Å²) in [5, 5.41) is 0. The second-order valence-electron chi connectivity index (χ2n) is 7.46. The lowest BCUT2D eigenvalue weighted by atomic mass is 9.70. The molecule has 2 aliphatic rings. The normalized spacial score (nSPS) is 22.6. The minimum atomic E-state index is -0.155. The van der Waals surface area contributed by atoms with Crippen LogP contribution in [0.2, 0.25) is 0 Å². The molecule has 0 fully saturated rings. The van der Waals surface area contributed by atoms with E-state index in [4.69, 9.17) is 4.74 Å². The van der Waals surface area contributed by atoms with Gasteiger partial charge in [-0.25, -0.2) is 0 Å². The Kier molecular flexibility index (Phi) is 3.84. The average molecular weight is 350 g/mol. The lowest BCUT2D eigenvalue weighted by Crippen LogP contribution is -2.27. The third-order valence-corrected chi connectivity index (χ3v) is 5.91. The van der Waals surface area contributed by atoms with Gasteiger partial charge in [0.05, 0.1) is 13.2 Å². The molecule has 1 nitrogen and oxygen atoms in total. The predicted octanol–water partition coefficient (Wildman–Crippen LogP) is 5.87. The Hall–Kier alpha value is -2.90. The van der Waals surface area contributed by atoms with E-state index in [9.17, 15) is 0 Å². The highest BCUT2D eigenvalue weighted by atomic mass is 16.5. The molecule has 27 heavy (non-hydrogen) atoms. The molecule has 3 aromatic rings. The fourth-order valence-corrected chi connectivity index (χ4v) is 4.69. The van der Waals surface area contributed by atoms with E-state index in [0.717, 1.165) is 0 Å². The van der Waals surface area contributed by atoms with Crippen molar-refractivity contribution >= 4 is 11.6 Å². The van der Waals surface area contributed by atoms with Crippen molar-refractivity contribution in [2.45, 2.75) is 12.3 Å². The minimum absolute atomic E-state index is 0.155. The Bertz CT molecular complexity index is 1040. The zero-order valence-corrected chi connectivity index (χ0v) is 15.5. The standard InChI is InChI=1S/C26H22O/c1-26(21-12-6-3-7-13-21)24-15-9-8-14-22(24)23-18-27-17-20(25(23)26)16-19-10-4-2-5-11-19/h2-16H,17-18H2,1H3/b20-16+. The van der Waals surface area contributed by atoms with Crippen LogP contribution < -0.4 is 0 Å². The maximum absolute atomic E-state index is 6.03. The maximum atomic E-state index is 6.03. The third-order valence-electron chi connectivity index (χ3n) is 5.91. The van der Waals surface area contributed by atoms with E-state index in [-0.39, 0.29) is 5.41 Å². The molecule has 1 atom stereocenters. The number of hydrogen-bond donors (Lipinski definition) is 0. The number of benzene rings is 3. The second kappa shape index (κ2) is 6.37. The lowest BCUT2D eigenvalue weighted by Gasteiger charge is -2.33. The number of ether oxygens (including phenoxy) is 1. The van der Waals surface area contributed by atoms with Crippen LogP contribution in [0.15, 0.2) is 96.1 Å². The molecule has 0 saturated heterocycles. The van der Waals surface area contributed by atoms with Gasteiger partial charge in [0, 0.05) is 5.41 Å². The van der Waals surface area contributed by atoms with Crippen LogP contribution in [-0.4, -0.2) is 13.2 Å². The molecule has 0 spiro atoms. The van der Waals surface area contributed by atoms with Crippen molar-refractivity contribution in [3.05, 3.63) is 118 Å². The number of hydrogen-bond acceptors (Lipinski definition) is 1. The van der Waals surface area contributed by atoms with Gasteiger partial charge >= 0.3 is 0 Å². The van der Waals surface area contributed by atoms with E-state index in [1.807, 2.05) is 0 Å². The van der Waals surface area contributed by atoms with Gasteiger partial charge in [0.25, 0.3) is 0 Å². The molecular formula is C26H22O. The van der Waals surface area contributed by atoms with Crippen LogP contribution in [0.1, 0.15) is 29.2 Å². The van der Waals surface area contributed by atoms with Crippen molar-refractivity contribution in [1.29, 1.82) is 0 Å². The highest BCUT2D eigenvalue weighted by Crippen LogP contribution is 2.54. The summed E-state index contributed by atoms with van der Waals surface area (Å²) in [6, 6.07) is 30.2. The van der Waals surface area contributed by atoms with Crippen molar-refractivity contribution < 1.29 is 4.74 Å². The molecule has 1 heterocycles. The summed E-state index contributed by atoms with van der Waals surface area (Å²) in [6.45, 7) is 3.71. The van der Waals surface area contributed by atoms with Gasteiger partial charge in [-0.15, -0.1) is 0 Å². The van der Waals surface area contributed by atoms with Crippen molar-refractivity contribution in [2.75, 3.05) is 13.2 Å². The molecule has 0 aromatic heterocycles. The summed E-state index contributed by atoms with van der Waals surface area (Å²) >= 11 is 0. The average Bonchev–Trinajstić information content (AvgIpc) is 3.01. The Labute approximate surface area is 160 Å². The fourth-order valence-electron chi connectivity index (χ4n) is 4.69. The summed E-state index contributed by atoms with van der Waals surface area (Å²) in [6.07, 6.45) is 2.29. The molecule has 1 unspecified atom stereocenters. The van der Waals surface area contributed by atoms with E-state index in [2.05, 4.69) is 97.9 Å². The van der Waals surface area contributed by atoms with Crippen LogP contribution in [0.4, 0.5) is 0 Å². The largest absolute Gasteiger partial charge is 0.372 e. The van der Waals surface area contributed by atoms with Crippen LogP contribution in [0, 0.1) is 0 Å². The minimum Gasteiger partial charge on any atom is -0.372 e. The van der Waals surface area contributed by atoms with Gasteiger partial charge in [-0.3, -0.25) is 0 Å². The van der Waals surface area contributed by atoms with Crippen LogP contribution in [0.3, 0.4) is 0 Å². The van der Waals surface area contributed by atoms with E-state index < -0.39 is 0 Å². The Morgan fingerprint density at radius 3 is 2.22 bits per heavy atom. The molecule has 5 rings (SSSR count).